The van der Waals surface area contributed by atoms with E-state index in [-0.39, 0.29) is 24.3 Å². The lowest BCUT2D eigenvalue weighted by Gasteiger charge is -2.20. The second-order valence-corrected chi connectivity index (χ2v) is 16.6. The van der Waals surface area contributed by atoms with E-state index in [0.717, 1.165) is 56.0 Å². The van der Waals surface area contributed by atoms with Crippen LogP contribution in [0.3, 0.4) is 0 Å². The van der Waals surface area contributed by atoms with Crippen LogP contribution in [0.2, 0.25) is 0 Å². The number of hydrogen-bond acceptors (Lipinski definition) is 11. The SMILES string of the molecule is Cc1ncc(-c2ccc3c(c2)N(c2ccc(C#N)nc2)C(=O)C3(C)C)cn1.Cc1ncc(-c2ccc3c(c2)N(c2ccc(CO)nc2)C(=O)C3(C)C)cn1.O=C1Cc2ccccc2N1. The number of aliphatic hydroxyl groups excluding tert-OH is 1. The van der Waals surface area contributed by atoms with E-state index in [4.69, 9.17) is 5.26 Å². The molecule has 0 spiro atoms. The average Bonchev–Trinajstić information content (AvgIpc) is 3.86. The first-order valence-electron chi connectivity index (χ1n) is 20.6. The number of aliphatic hydroxyl groups is 1. The molecule has 0 radical (unpaired) electrons. The molecular weight excluding hydrogens is 805 g/mol. The summed E-state index contributed by atoms with van der Waals surface area (Å²) in [7, 11) is 0. The average molecular weight is 849 g/mol. The Kier molecular flexibility index (Phi) is 11.4. The Morgan fingerprint density at radius 3 is 1.56 bits per heavy atom. The largest absolute Gasteiger partial charge is 0.390 e. The van der Waals surface area contributed by atoms with Gasteiger partial charge in [-0.25, -0.2) is 24.9 Å². The van der Waals surface area contributed by atoms with Crippen molar-refractivity contribution in [2.24, 2.45) is 0 Å². The van der Waals surface area contributed by atoms with Crippen LogP contribution in [-0.2, 0) is 38.2 Å². The lowest BCUT2D eigenvalue weighted by molar-refractivity contribution is -0.122. The molecule has 0 fully saturated rings. The van der Waals surface area contributed by atoms with E-state index < -0.39 is 10.8 Å². The number of carbonyl (C=O) groups excluding carboxylic acids is 3. The summed E-state index contributed by atoms with van der Waals surface area (Å²) in [5.74, 6) is 1.49. The number of hydrogen-bond donors (Lipinski definition) is 2. The fourth-order valence-corrected chi connectivity index (χ4v) is 7.84. The Balaban J connectivity index is 0.000000144. The minimum absolute atomic E-state index is 0.00615. The van der Waals surface area contributed by atoms with E-state index in [1.54, 1.807) is 65.2 Å². The number of benzene rings is 3. The predicted molar refractivity (Wildman–Crippen MR) is 243 cm³/mol. The molecule has 0 saturated heterocycles. The van der Waals surface area contributed by atoms with Crippen molar-refractivity contribution in [1.29, 1.82) is 5.26 Å². The number of carbonyl (C=O) groups is 3. The maximum Gasteiger partial charge on any atom is 0.241 e. The summed E-state index contributed by atoms with van der Waals surface area (Å²) in [5, 5.41) is 20.9. The molecule has 3 amide bonds. The second kappa shape index (κ2) is 17.0. The number of anilines is 5. The Labute approximate surface area is 370 Å². The zero-order chi connectivity index (χ0) is 45.3. The van der Waals surface area contributed by atoms with Crippen LogP contribution in [0.5, 0.6) is 0 Å². The number of aromatic nitrogens is 6. The van der Waals surface area contributed by atoms with Crippen LogP contribution in [0.25, 0.3) is 22.3 Å². The van der Waals surface area contributed by atoms with E-state index in [2.05, 4.69) is 35.2 Å². The van der Waals surface area contributed by atoms with E-state index in [0.29, 0.717) is 40.8 Å². The van der Waals surface area contributed by atoms with Crippen molar-refractivity contribution >= 4 is 46.2 Å². The van der Waals surface area contributed by atoms with Crippen LogP contribution in [0.15, 0.2) is 122 Å². The molecule has 3 aliphatic rings. The van der Waals surface area contributed by atoms with Gasteiger partial charge in [0.2, 0.25) is 17.7 Å². The van der Waals surface area contributed by atoms with Crippen molar-refractivity contribution in [3.63, 3.8) is 0 Å². The molecule has 10 rings (SSSR count). The molecule has 7 heterocycles. The van der Waals surface area contributed by atoms with E-state index >= 15 is 0 Å². The van der Waals surface area contributed by atoms with Gasteiger partial charge in [0.1, 0.15) is 23.4 Å². The predicted octanol–water partition coefficient (Wildman–Crippen LogP) is 8.15. The first kappa shape index (κ1) is 42.7. The maximum atomic E-state index is 13.2. The van der Waals surface area contributed by atoms with Gasteiger partial charge in [0.25, 0.3) is 0 Å². The standard InChI is InChI=1S/C21H17N5O.C21H20N4O2.C8H7NO/c1-13-23-10-15(11-24-13)14-4-7-18-19(8-14)26(20(27)21(18,2)3)17-6-5-16(9-22)25-12-17;1-13-22-9-15(10-23-13)14-4-7-18-19(8-14)25(20(27)21(18,2)3)17-6-5-16(12-26)24-11-17;10-8-5-6-3-1-2-4-7(6)9-8/h4-8,10-12H,1-3H3;4-11,26H,12H2,1-3H3;1-4H,5H2,(H,9,10). The molecule has 14 heteroatoms. The van der Waals surface area contributed by atoms with Gasteiger partial charge in [-0.05, 0) is 112 Å². The minimum Gasteiger partial charge on any atom is -0.390 e. The van der Waals surface area contributed by atoms with Crippen LogP contribution in [-0.4, -0.2) is 52.7 Å². The van der Waals surface area contributed by atoms with Crippen molar-refractivity contribution in [1.82, 2.24) is 29.9 Å². The number of para-hydroxylation sites is 1. The quantitative estimate of drug-likeness (QED) is 0.170. The van der Waals surface area contributed by atoms with Gasteiger partial charge in [-0.2, -0.15) is 5.26 Å². The highest BCUT2D eigenvalue weighted by atomic mass is 16.3. The van der Waals surface area contributed by atoms with Gasteiger partial charge < -0.3 is 10.4 Å². The van der Waals surface area contributed by atoms with Gasteiger partial charge >= 0.3 is 0 Å². The normalized spacial score (nSPS) is 14.9. The summed E-state index contributed by atoms with van der Waals surface area (Å²) in [4.78, 5) is 65.8. The lowest BCUT2D eigenvalue weighted by atomic mass is 9.85. The minimum atomic E-state index is -0.647. The summed E-state index contributed by atoms with van der Waals surface area (Å²) in [6.07, 6.45) is 10.8. The summed E-state index contributed by atoms with van der Waals surface area (Å²) >= 11 is 0. The number of rotatable bonds is 5. The highest BCUT2D eigenvalue weighted by molar-refractivity contribution is 6.14. The van der Waals surface area contributed by atoms with Gasteiger partial charge in [-0.15, -0.1) is 0 Å². The van der Waals surface area contributed by atoms with Crippen molar-refractivity contribution < 1.29 is 19.5 Å². The molecule has 2 N–H and O–H groups in total. The number of pyridine rings is 2. The molecule has 7 aromatic rings. The topological polar surface area (TPSA) is 191 Å². The molecule has 64 heavy (non-hydrogen) atoms. The zero-order valence-corrected chi connectivity index (χ0v) is 36.2. The van der Waals surface area contributed by atoms with E-state index in [1.807, 2.05) is 114 Å². The van der Waals surface area contributed by atoms with Crippen molar-refractivity contribution in [3.05, 3.63) is 162 Å². The first-order chi connectivity index (χ1) is 30.7. The van der Waals surface area contributed by atoms with Crippen molar-refractivity contribution in [3.8, 4) is 28.3 Å². The Morgan fingerprint density at radius 1 is 0.625 bits per heavy atom. The molecule has 318 valence electrons. The van der Waals surface area contributed by atoms with E-state index in [9.17, 15) is 19.5 Å². The van der Waals surface area contributed by atoms with Crippen LogP contribution in [0.4, 0.5) is 28.4 Å². The number of nitriles is 1. The molecule has 0 unspecified atom stereocenters. The molecule has 0 bridgehead atoms. The fraction of sp³-hybridized carbons (Fsp3) is 0.200. The Hall–Kier alpha value is -8.02. The molecular formula is C50H44N10O4. The van der Waals surface area contributed by atoms with Gasteiger partial charge in [-0.3, -0.25) is 29.2 Å². The highest BCUT2D eigenvalue weighted by Crippen LogP contribution is 2.48. The smallest absolute Gasteiger partial charge is 0.241 e. The Bertz CT molecular complexity index is 2940. The number of nitrogens with zero attached hydrogens (tertiary/aromatic N) is 9. The molecule has 3 aliphatic heterocycles. The first-order valence-corrected chi connectivity index (χ1v) is 20.6. The molecule has 4 aromatic heterocycles. The Morgan fingerprint density at radius 2 is 1.12 bits per heavy atom. The molecule has 0 saturated carbocycles. The summed E-state index contributed by atoms with van der Waals surface area (Å²) in [6, 6.07) is 28.6. The van der Waals surface area contributed by atoms with Gasteiger partial charge in [-0.1, -0.05) is 42.5 Å². The van der Waals surface area contributed by atoms with Gasteiger partial charge in [0.05, 0.1) is 64.7 Å². The lowest BCUT2D eigenvalue weighted by Crippen LogP contribution is -2.33. The molecule has 3 aromatic carbocycles. The molecule has 0 aliphatic carbocycles. The number of aryl methyl sites for hydroxylation is 2. The maximum absolute atomic E-state index is 13.2. The fourth-order valence-electron chi connectivity index (χ4n) is 7.84. The zero-order valence-electron chi connectivity index (χ0n) is 36.2. The number of amides is 3. The number of fused-ring (bicyclic) bond motifs is 3. The highest BCUT2D eigenvalue weighted by Gasteiger charge is 2.46. The summed E-state index contributed by atoms with van der Waals surface area (Å²) < 4.78 is 0. The van der Waals surface area contributed by atoms with Crippen LogP contribution in [0, 0.1) is 25.2 Å². The monoisotopic (exact) mass is 848 g/mol. The third-order valence-electron chi connectivity index (χ3n) is 11.5. The third-order valence-corrected chi connectivity index (χ3v) is 11.5. The van der Waals surface area contributed by atoms with Crippen molar-refractivity contribution in [2.75, 3.05) is 15.1 Å². The van der Waals surface area contributed by atoms with Crippen molar-refractivity contribution in [2.45, 2.75) is 65.4 Å². The van der Waals surface area contributed by atoms with Gasteiger partial charge in [0.15, 0.2) is 0 Å². The number of nitrogens with one attached hydrogen (secondary N) is 1. The molecule has 0 atom stereocenters. The molecule has 14 nitrogen and oxygen atoms in total. The second-order valence-electron chi connectivity index (χ2n) is 16.6. The van der Waals surface area contributed by atoms with E-state index in [1.165, 1.54) is 0 Å². The summed E-state index contributed by atoms with van der Waals surface area (Å²) in [6.45, 7) is 11.2. The van der Waals surface area contributed by atoms with Crippen LogP contribution < -0.4 is 15.1 Å². The van der Waals surface area contributed by atoms with Gasteiger partial charge in [0, 0.05) is 41.6 Å². The van der Waals surface area contributed by atoms with Crippen LogP contribution >= 0.6 is 0 Å². The van der Waals surface area contributed by atoms with Crippen LogP contribution in [0.1, 0.15) is 67.4 Å². The third kappa shape index (κ3) is 8.07. The summed E-state index contributed by atoms with van der Waals surface area (Å²) in [5.41, 5.74) is 10.2.